The minimum atomic E-state index is 0.122. The second-order valence-electron chi connectivity index (χ2n) is 2.89. The second kappa shape index (κ2) is 8.84. The van der Waals surface area contributed by atoms with E-state index in [0.717, 1.165) is 0 Å². The first-order valence-corrected chi connectivity index (χ1v) is 5.69. The summed E-state index contributed by atoms with van der Waals surface area (Å²) in [6.07, 6.45) is 0.122. The second-order valence-corrected chi connectivity index (χ2v) is 3.22. The molecule has 0 radical (unpaired) electrons. The van der Waals surface area contributed by atoms with Crippen LogP contribution in [0.15, 0.2) is 24.3 Å². The Labute approximate surface area is 95.3 Å². The van der Waals surface area contributed by atoms with Crippen LogP contribution in [-0.4, -0.2) is 7.11 Å². The number of rotatable bonds is 4. The first-order chi connectivity index (χ1) is 7.29. The van der Waals surface area contributed by atoms with E-state index in [1.165, 1.54) is 11.1 Å². The van der Waals surface area contributed by atoms with Crippen LogP contribution in [0, 0.1) is 0 Å². The van der Waals surface area contributed by atoms with E-state index in [9.17, 15) is 0 Å². The van der Waals surface area contributed by atoms with Gasteiger partial charge < -0.3 is 9.26 Å². The van der Waals surface area contributed by atoms with Gasteiger partial charge in [0.2, 0.25) is 0 Å². The van der Waals surface area contributed by atoms with Gasteiger partial charge in [-0.3, -0.25) is 0 Å². The predicted octanol–water partition coefficient (Wildman–Crippen LogP) is 3.73. The number of benzene rings is 1. The van der Waals surface area contributed by atoms with E-state index in [2.05, 4.69) is 21.6 Å². The predicted molar refractivity (Wildman–Crippen MR) is 67.7 cm³/mol. The topological polar surface area (TPSA) is 18.5 Å². The molecule has 1 aromatic rings. The van der Waals surface area contributed by atoms with Gasteiger partial charge in [0, 0.05) is 16.6 Å². The fourth-order valence-corrected chi connectivity index (χ4v) is 1.46. The average Bonchev–Trinajstić information content (AvgIpc) is 2.32. The Hall–Kier alpha value is -0.430. The van der Waals surface area contributed by atoms with E-state index < -0.39 is 0 Å². The third-order valence-corrected chi connectivity index (χ3v) is 2.25. The van der Waals surface area contributed by atoms with Crippen molar-refractivity contribution in [3.63, 3.8) is 0 Å². The number of hydrogen-bond acceptors (Lipinski definition) is 2. The van der Waals surface area contributed by atoms with Gasteiger partial charge in [-0.2, -0.15) is 0 Å². The van der Waals surface area contributed by atoms with Crippen LogP contribution < -0.4 is 0 Å². The van der Waals surface area contributed by atoms with Crippen LogP contribution in [-0.2, 0) is 15.9 Å². The van der Waals surface area contributed by atoms with Crippen LogP contribution in [0.2, 0.25) is 0 Å². The molecule has 15 heavy (non-hydrogen) atoms. The fraction of sp³-hybridized carbons (Fsp3) is 0.500. The lowest BCUT2D eigenvalue weighted by Crippen LogP contribution is -2.00. The normalized spacial score (nSPS) is 11.5. The molecule has 0 aliphatic carbocycles. The summed E-state index contributed by atoms with van der Waals surface area (Å²) in [5.74, 6) is 0. The average molecular weight is 228 g/mol. The van der Waals surface area contributed by atoms with Gasteiger partial charge in [0.15, 0.2) is 0 Å². The smallest absolute Gasteiger partial charge is 0.0796 e. The largest absolute Gasteiger partial charge is 0.377 e. The van der Waals surface area contributed by atoms with Crippen LogP contribution in [0.1, 0.15) is 38.0 Å². The van der Waals surface area contributed by atoms with Crippen molar-refractivity contribution in [3.8, 4) is 0 Å². The molecule has 0 bridgehead atoms. The first kappa shape index (κ1) is 14.6. The monoisotopic (exact) mass is 228 g/mol. The molecule has 0 saturated carbocycles. The molecule has 0 heterocycles. The van der Waals surface area contributed by atoms with Gasteiger partial charge in [0.25, 0.3) is 0 Å². The minimum Gasteiger partial charge on any atom is -0.377 e. The molecule has 2 nitrogen and oxygen atoms in total. The van der Waals surface area contributed by atoms with Gasteiger partial charge in [-0.05, 0) is 18.1 Å². The van der Waals surface area contributed by atoms with Gasteiger partial charge in [0.1, 0.15) is 0 Å². The quantitative estimate of drug-likeness (QED) is 0.731. The highest BCUT2D eigenvalue weighted by atomic mass is 31.0. The minimum absolute atomic E-state index is 0.122. The molecule has 1 rings (SSSR count). The Kier molecular flexibility index (Phi) is 8.59. The summed E-state index contributed by atoms with van der Waals surface area (Å²) in [6.45, 7) is 6.64. The highest BCUT2D eigenvalue weighted by Gasteiger charge is 2.07. The summed E-state index contributed by atoms with van der Waals surface area (Å²) in [6, 6.07) is 8.13. The SMILES string of the molecule is CC.COC(C)c1ccccc1COP. The molecule has 2 unspecified atom stereocenters. The van der Waals surface area contributed by atoms with Crippen LogP contribution in [0.4, 0.5) is 0 Å². The lowest BCUT2D eigenvalue weighted by atomic mass is 10.0. The van der Waals surface area contributed by atoms with Gasteiger partial charge in [-0.25, -0.2) is 0 Å². The Morgan fingerprint density at radius 3 is 2.40 bits per heavy atom. The molecule has 2 atom stereocenters. The highest BCUT2D eigenvalue weighted by Crippen LogP contribution is 2.21. The van der Waals surface area contributed by atoms with E-state index in [1.807, 2.05) is 32.9 Å². The van der Waals surface area contributed by atoms with Gasteiger partial charge in [-0.1, -0.05) is 38.1 Å². The Balaban J connectivity index is 0.000000921. The maximum Gasteiger partial charge on any atom is 0.0796 e. The summed E-state index contributed by atoms with van der Waals surface area (Å²) in [7, 11) is 3.97. The molecule has 0 fully saturated rings. The zero-order chi connectivity index (χ0) is 11.7. The standard InChI is InChI=1S/C10H15O2P.C2H6/c1-8(11-2)10-6-4-3-5-9(10)7-12-13;1-2/h3-6,8H,7,13H2,1-2H3;1-2H3. The number of hydrogen-bond donors (Lipinski definition) is 0. The zero-order valence-corrected chi connectivity index (χ0v) is 11.1. The van der Waals surface area contributed by atoms with E-state index in [0.29, 0.717) is 6.61 Å². The van der Waals surface area contributed by atoms with Crippen molar-refractivity contribution in [1.82, 2.24) is 0 Å². The first-order valence-electron chi connectivity index (χ1n) is 5.22. The van der Waals surface area contributed by atoms with E-state index in [4.69, 9.17) is 9.26 Å². The summed E-state index contributed by atoms with van der Waals surface area (Å²) >= 11 is 0. The van der Waals surface area contributed by atoms with Crippen molar-refractivity contribution < 1.29 is 9.26 Å². The third kappa shape index (κ3) is 4.74. The van der Waals surface area contributed by atoms with Crippen LogP contribution >= 0.6 is 9.47 Å². The Morgan fingerprint density at radius 1 is 1.27 bits per heavy atom. The molecule has 0 aromatic heterocycles. The lowest BCUT2D eigenvalue weighted by molar-refractivity contribution is 0.118. The molecule has 86 valence electrons. The Bertz CT molecular complexity index is 264. The number of ether oxygens (including phenoxy) is 1. The van der Waals surface area contributed by atoms with Crippen LogP contribution in [0.5, 0.6) is 0 Å². The van der Waals surface area contributed by atoms with Gasteiger partial charge >= 0.3 is 0 Å². The number of methoxy groups -OCH3 is 1. The van der Waals surface area contributed by atoms with Crippen molar-refractivity contribution in [1.29, 1.82) is 0 Å². The zero-order valence-electron chi connectivity index (χ0n) is 9.99. The van der Waals surface area contributed by atoms with Crippen molar-refractivity contribution in [2.45, 2.75) is 33.5 Å². The maximum absolute atomic E-state index is 5.26. The molecule has 0 saturated heterocycles. The molecule has 3 heteroatoms. The van der Waals surface area contributed by atoms with E-state index >= 15 is 0 Å². The molecule has 0 spiro atoms. The van der Waals surface area contributed by atoms with E-state index in [-0.39, 0.29) is 6.10 Å². The van der Waals surface area contributed by atoms with Gasteiger partial charge in [0.05, 0.1) is 12.7 Å². The van der Waals surface area contributed by atoms with E-state index in [1.54, 1.807) is 7.11 Å². The Morgan fingerprint density at radius 2 is 1.87 bits per heavy atom. The fourth-order valence-electron chi connectivity index (χ4n) is 1.28. The van der Waals surface area contributed by atoms with Crippen molar-refractivity contribution >= 4 is 9.47 Å². The highest BCUT2D eigenvalue weighted by molar-refractivity contribution is 7.09. The molecule has 0 amide bonds. The molecular formula is C12H21O2P. The molecule has 1 aromatic carbocycles. The summed E-state index contributed by atoms with van der Waals surface area (Å²) in [4.78, 5) is 0. The molecular weight excluding hydrogens is 207 g/mol. The molecule has 0 aliphatic heterocycles. The van der Waals surface area contributed by atoms with Crippen molar-refractivity contribution in [2.75, 3.05) is 7.11 Å². The van der Waals surface area contributed by atoms with Crippen molar-refractivity contribution in [3.05, 3.63) is 35.4 Å². The van der Waals surface area contributed by atoms with Gasteiger partial charge in [-0.15, -0.1) is 0 Å². The summed E-state index contributed by atoms with van der Waals surface area (Å²) in [5.41, 5.74) is 2.36. The van der Waals surface area contributed by atoms with Crippen LogP contribution in [0.25, 0.3) is 0 Å². The summed E-state index contributed by atoms with van der Waals surface area (Å²) in [5, 5.41) is 0. The molecule has 0 N–H and O–H groups in total. The lowest BCUT2D eigenvalue weighted by Gasteiger charge is -2.14. The van der Waals surface area contributed by atoms with Crippen LogP contribution in [0.3, 0.4) is 0 Å². The summed E-state index contributed by atoms with van der Waals surface area (Å²) < 4.78 is 10.3. The third-order valence-electron chi connectivity index (χ3n) is 2.09. The van der Waals surface area contributed by atoms with Crippen molar-refractivity contribution in [2.24, 2.45) is 0 Å². The maximum atomic E-state index is 5.26. The molecule has 0 aliphatic rings.